The van der Waals surface area contributed by atoms with Gasteiger partial charge in [0, 0.05) is 11.9 Å². The third-order valence-electron chi connectivity index (χ3n) is 3.43. The first kappa shape index (κ1) is 16.1. The molecule has 0 spiro atoms. The molecule has 2 N–H and O–H groups in total. The van der Waals surface area contributed by atoms with Gasteiger partial charge in [-0.3, -0.25) is 9.78 Å². The summed E-state index contributed by atoms with van der Waals surface area (Å²) in [5, 5.41) is 14.8. The van der Waals surface area contributed by atoms with E-state index in [-0.39, 0.29) is 5.91 Å². The zero-order valence-electron chi connectivity index (χ0n) is 13.3. The van der Waals surface area contributed by atoms with Gasteiger partial charge in [-0.15, -0.1) is 0 Å². The van der Waals surface area contributed by atoms with Crippen molar-refractivity contribution in [1.29, 1.82) is 5.26 Å². The van der Waals surface area contributed by atoms with Crippen molar-refractivity contribution in [2.75, 3.05) is 5.32 Å². The Bertz CT molecular complexity index is 901. The second kappa shape index (κ2) is 7.70. The van der Waals surface area contributed by atoms with Gasteiger partial charge in [0.05, 0.1) is 35.8 Å². The fraction of sp³-hybridized carbons (Fsp3) is 0.0526. The molecule has 0 saturated heterocycles. The van der Waals surface area contributed by atoms with E-state index in [9.17, 15) is 4.79 Å². The van der Waals surface area contributed by atoms with Crippen molar-refractivity contribution in [3.63, 3.8) is 0 Å². The molecule has 25 heavy (non-hydrogen) atoms. The van der Waals surface area contributed by atoms with Gasteiger partial charge >= 0.3 is 0 Å². The zero-order valence-corrected chi connectivity index (χ0v) is 13.3. The fourth-order valence-corrected chi connectivity index (χ4v) is 2.20. The highest BCUT2D eigenvalue weighted by Crippen LogP contribution is 2.17. The molecule has 122 valence electrons. The number of pyridine rings is 2. The number of anilines is 2. The summed E-state index contributed by atoms with van der Waals surface area (Å²) in [4.78, 5) is 20.4. The molecule has 0 radical (unpaired) electrons. The van der Waals surface area contributed by atoms with E-state index in [2.05, 4.69) is 26.7 Å². The smallest absolute Gasteiger partial charge is 0.270 e. The highest BCUT2D eigenvalue weighted by Gasteiger charge is 2.07. The number of hydrogen-bond donors (Lipinski definition) is 2. The van der Waals surface area contributed by atoms with Crippen LogP contribution >= 0.6 is 0 Å². The Balaban J connectivity index is 1.61. The van der Waals surface area contributed by atoms with Gasteiger partial charge in [-0.1, -0.05) is 12.1 Å². The van der Waals surface area contributed by atoms with E-state index in [1.165, 1.54) is 0 Å². The molecule has 1 amide bonds. The molecule has 0 saturated carbocycles. The summed E-state index contributed by atoms with van der Waals surface area (Å²) < 4.78 is 0. The number of nitrogens with one attached hydrogen (secondary N) is 2. The van der Waals surface area contributed by atoms with Crippen LogP contribution in [-0.2, 0) is 6.54 Å². The van der Waals surface area contributed by atoms with Crippen LogP contribution in [0.5, 0.6) is 0 Å². The van der Waals surface area contributed by atoms with Crippen LogP contribution in [0.25, 0.3) is 0 Å². The van der Waals surface area contributed by atoms with Crippen LogP contribution < -0.4 is 10.6 Å². The van der Waals surface area contributed by atoms with Gasteiger partial charge in [-0.25, -0.2) is 4.98 Å². The standard InChI is InChI=1S/C19H15N5O/c20-11-14-4-3-6-15(10-14)24-17-7-8-18(22-13-17)19(25)23-12-16-5-1-2-9-21-16/h1-10,13,24H,12H2,(H,23,25). The van der Waals surface area contributed by atoms with Gasteiger partial charge in [0.1, 0.15) is 5.69 Å². The Morgan fingerprint density at radius 3 is 2.68 bits per heavy atom. The number of carbonyl (C=O) groups excluding carboxylic acids is 1. The number of nitriles is 1. The van der Waals surface area contributed by atoms with Gasteiger partial charge in [-0.2, -0.15) is 5.26 Å². The SMILES string of the molecule is N#Cc1cccc(Nc2ccc(C(=O)NCc3ccccn3)nc2)c1. The van der Waals surface area contributed by atoms with E-state index in [0.29, 0.717) is 17.8 Å². The maximum atomic E-state index is 12.1. The number of rotatable bonds is 5. The molecule has 2 heterocycles. The van der Waals surface area contributed by atoms with Crippen molar-refractivity contribution in [3.05, 3.63) is 83.9 Å². The van der Waals surface area contributed by atoms with Crippen molar-refractivity contribution in [3.8, 4) is 6.07 Å². The van der Waals surface area contributed by atoms with Crippen LogP contribution in [0.2, 0.25) is 0 Å². The quantitative estimate of drug-likeness (QED) is 0.751. The Morgan fingerprint density at radius 1 is 1.04 bits per heavy atom. The van der Waals surface area contributed by atoms with Crippen molar-refractivity contribution < 1.29 is 4.79 Å². The number of amides is 1. The first-order chi connectivity index (χ1) is 12.2. The summed E-state index contributed by atoms with van der Waals surface area (Å²) >= 11 is 0. The van der Waals surface area contributed by atoms with Crippen molar-refractivity contribution >= 4 is 17.3 Å². The molecule has 6 heteroatoms. The molecule has 3 aromatic rings. The maximum Gasteiger partial charge on any atom is 0.270 e. The van der Waals surface area contributed by atoms with Crippen molar-refractivity contribution in [2.24, 2.45) is 0 Å². The van der Waals surface area contributed by atoms with E-state index in [4.69, 9.17) is 5.26 Å². The second-order valence-corrected chi connectivity index (χ2v) is 5.25. The van der Waals surface area contributed by atoms with E-state index >= 15 is 0 Å². The second-order valence-electron chi connectivity index (χ2n) is 5.25. The fourth-order valence-electron chi connectivity index (χ4n) is 2.20. The number of aromatic nitrogens is 2. The minimum atomic E-state index is -0.260. The molecule has 2 aromatic heterocycles. The third-order valence-corrected chi connectivity index (χ3v) is 3.43. The molecule has 0 bridgehead atoms. The molecule has 0 fully saturated rings. The molecular weight excluding hydrogens is 314 g/mol. The highest BCUT2D eigenvalue weighted by molar-refractivity contribution is 5.92. The molecule has 0 unspecified atom stereocenters. The lowest BCUT2D eigenvalue weighted by atomic mass is 10.2. The van der Waals surface area contributed by atoms with Gasteiger partial charge in [0.2, 0.25) is 0 Å². The third kappa shape index (κ3) is 4.39. The molecule has 0 aliphatic heterocycles. The number of benzene rings is 1. The summed E-state index contributed by atoms with van der Waals surface area (Å²) in [7, 11) is 0. The Hall–Kier alpha value is -3.72. The highest BCUT2D eigenvalue weighted by atomic mass is 16.1. The molecule has 0 aliphatic carbocycles. The lowest BCUT2D eigenvalue weighted by molar-refractivity contribution is 0.0945. The lowest BCUT2D eigenvalue weighted by Crippen LogP contribution is -2.24. The van der Waals surface area contributed by atoms with Gasteiger partial charge in [0.25, 0.3) is 5.91 Å². The Morgan fingerprint density at radius 2 is 1.96 bits per heavy atom. The van der Waals surface area contributed by atoms with Crippen LogP contribution in [0, 0.1) is 11.3 Å². The van der Waals surface area contributed by atoms with Crippen LogP contribution in [0.4, 0.5) is 11.4 Å². The van der Waals surface area contributed by atoms with E-state index in [0.717, 1.165) is 17.1 Å². The van der Waals surface area contributed by atoms with Crippen LogP contribution in [0.1, 0.15) is 21.7 Å². The van der Waals surface area contributed by atoms with Gasteiger partial charge in [0.15, 0.2) is 0 Å². The molecule has 0 aliphatic rings. The van der Waals surface area contributed by atoms with Gasteiger partial charge in [-0.05, 0) is 42.5 Å². The summed E-state index contributed by atoms with van der Waals surface area (Å²) in [6.45, 7) is 0.350. The summed E-state index contributed by atoms with van der Waals surface area (Å²) in [5.74, 6) is -0.260. The van der Waals surface area contributed by atoms with E-state index in [1.807, 2.05) is 24.3 Å². The molecule has 6 nitrogen and oxygen atoms in total. The van der Waals surface area contributed by atoms with Crippen LogP contribution in [0.15, 0.2) is 67.0 Å². The van der Waals surface area contributed by atoms with Crippen molar-refractivity contribution in [2.45, 2.75) is 6.54 Å². The molecular formula is C19H15N5O. The minimum Gasteiger partial charge on any atom is -0.354 e. The van der Waals surface area contributed by atoms with Crippen molar-refractivity contribution in [1.82, 2.24) is 15.3 Å². The normalized spacial score (nSPS) is 9.88. The molecule has 3 rings (SSSR count). The summed E-state index contributed by atoms with van der Waals surface area (Å²) in [6, 6.07) is 18.2. The predicted molar refractivity (Wildman–Crippen MR) is 94.1 cm³/mol. The number of carbonyl (C=O) groups is 1. The Kier molecular flexibility index (Phi) is 4.98. The van der Waals surface area contributed by atoms with Crippen LogP contribution in [0.3, 0.4) is 0 Å². The monoisotopic (exact) mass is 329 g/mol. The average Bonchev–Trinajstić information content (AvgIpc) is 2.67. The zero-order chi connectivity index (χ0) is 17.5. The largest absolute Gasteiger partial charge is 0.354 e. The summed E-state index contributed by atoms with van der Waals surface area (Å²) in [5.41, 5.74) is 3.20. The summed E-state index contributed by atoms with van der Waals surface area (Å²) in [6.07, 6.45) is 3.26. The van der Waals surface area contributed by atoms with Crippen LogP contribution in [-0.4, -0.2) is 15.9 Å². The maximum absolute atomic E-state index is 12.1. The van der Waals surface area contributed by atoms with Gasteiger partial charge < -0.3 is 10.6 Å². The lowest BCUT2D eigenvalue weighted by Gasteiger charge is -2.08. The number of hydrogen-bond acceptors (Lipinski definition) is 5. The minimum absolute atomic E-state index is 0.260. The first-order valence-electron chi connectivity index (χ1n) is 7.66. The first-order valence-corrected chi connectivity index (χ1v) is 7.66. The molecule has 0 atom stereocenters. The molecule has 1 aromatic carbocycles. The topological polar surface area (TPSA) is 90.7 Å². The van der Waals surface area contributed by atoms with E-state index < -0.39 is 0 Å². The Labute approximate surface area is 145 Å². The van der Waals surface area contributed by atoms with E-state index in [1.54, 1.807) is 42.7 Å². The predicted octanol–water partition coefficient (Wildman–Crippen LogP) is 3.02. The average molecular weight is 329 g/mol. The number of nitrogens with zero attached hydrogens (tertiary/aromatic N) is 3.